The molecule has 1 aliphatic heterocycles. The maximum atomic E-state index is 5.40. The standard InChI is InChI=1S/C17H19N5OS/c1-2-15(24-11-1)12-21-7-9-22(10-8-21)13-16-19-17(20-23-16)14-3-5-18-6-4-14/h1-6,11H,7-10,12-13H2. The predicted octanol–water partition coefficient (Wildman–Crippen LogP) is 2.51. The Bertz CT molecular complexity index is 750. The Hall–Kier alpha value is -2.09. The molecular formula is C17H19N5OS. The van der Waals surface area contributed by atoms with E-state index in [-0.39, 0.29) is 0 Å². The first-order valence-corrected chi connectivity index (χ1v) is 8.95. The van der Waals surface area contributed by atoms with Gasteiger partial charge in [0.2, 0.25) is 11.7 Å². The Morgan fingerprint density at radius 1 is 1.00 bits per heavy atom. The molecule has 0 aromatic carbocycles. The summed E-state index contributed by atoms with van der Waals surface area (Å²) in [6.07, 6.45) is 3.47. The maximum Gasteiger partial charge on any atom is 0.241 e. The maximum absolute atomic E-state index is 5.40. The van der Waals surface area contributed by atoms with E-state index < -0.39 is 0 Å². The molecule has 0 radical (unpaired) electrons. The topological polar surface area (TPSA) is 58.3 Å². The number of piperazine rings is 1. The second-order valence-corrected chi connectivity index (χ2v) is 6.91. The Morgan fingerprint density at radius 3 is 2.46 bits per heavy atom. The molecule has 0 aliphatic carbocycles. The van der Waals surface area contributed by atoms with Gasteiger partial charge in [-0.15, -0.1) is 11.3 Å². The van der Waals surface area contributed by atoms with Crippen LogP contribution in [0.3, 0.4) is 0 Å². The summed E-state index contributed by atoms with van der Waals surface area (Å²) < 4.78 is 5.40. The van der Waals surface area contributed by atoms with Gasteiger partial charge in [-0.3, -0.25) is 14.8 Å². The zero-order chi connectivity index (χ0) is 16.2. The molecular weight excluding hydrogens is 322 g/mol. The van der Waals surface area contributed by atoms with Crippen molar-refractivity contribution in [1.82, 2.24) is 24.9 Å². The van der Waals surface area contributed by atoms with E-state index in [1.807, 2.05) is 23.5 Å². The minimum absolute atomic E-state index is 0.628. The molecule has 3 aromatic rings. The van der Waals surface area contributed by atoms with Gasteiger partial charge in [0, 0.05) is 55.6 Å². The normalized spacial score (nSPS) is 16.5. The molecule has 1 aliphatic rings. The minimum Gasteiger partial charge on any atom is -0.338 e. The smallest absolute Gasteiger partial charge is 0.241 e. The van der Waals surface area contributed by atoms with Crippen LogP contribution < -0.4 is 0 Å². The van der Waals surface area contributed by atoms with Gasteiger partial charge in [0.1, 0.15) is 0 Å². The van der Waals surface area contributed by atoms with Gasteiger partial charge < -0.3 is 4.52 Å². The van der Waals surface area contributed by atoms with Crippen molar-refractivity contribution in [3.05, 3.63) is 52.8 Å². The van der Waals surface area contributed by atoms with Crippen molar-refractivity contribution < 1.29 is 4.52 Å². The van der Waals surface area contributed by atoms with Crippen LogP contribution in [0.1, 0.15) is 10.8 Å². The molecule has 0 N–H and O–H groups in total. The van der Waals surface area contributed by atoms with Crippen molar-refractivity contribution in [2.45, 2.75) is 13.1 Å². The molecule has 0 saturated carbocycles. The first kappa shape index (κ1) is 15.4. The Labute approximate surface area is 144 Å². The second kappa shape index (κ2) is 7.21. The van der Waals surface area contributed by atoms with E-state index in [4.69, 9.17) is 4.52 Å². The molecule has 1 fully saturated rings. The van der Waals surface area contributed by atoms with Crippen LogP contribution in [-0.2, 0) is 13.1 Å². The lowest BCUT2D eigenvalue weighted by Gasteiger charge is -2.33. The average molecular weight is 341 g/mol. The van der Waals surface area contributed by atoms with Gasteiger partial charge in [0.05, 0.1) is 6.54 Å². The monoisotopic (exact) mass is 341 g/mol. The van der Waals surface area contributed by atoms with E-state index in [2.05, 4.69) is 42.4 Å². The highest BCUT2D eigenvalue weighted by Gasteiger charge is 2.19. The first-order valence-electron chi connectivity index (χ1n) is 8.07. The fourth-order valence-corrected chi connectivity index (χ4v) is 3.60. The SMILES string of the molecule is c1csc(CN2CCN(Cc3nc(-c4ccncc4)no3)CC2)c1. The van der Waals surface area contributed by atoms with Gasteiger partial charge in [0.25, 0.3) is 0 Å². The first-order chi connectivity index (χ1) is 11.9. The van der Waals surface area contributed by atoms with E-state index >= 15 is 0 Å². The largest absolute Gasteiger partial charge is 0.338 e. The lowest BCUT2D eigenvalue weighted by Crippen LogP contribution is -2.45. The quantitative estimate of drug-likeness (QED) is 0.711. The summed E-state index contributed by atoms with van der Waals surface area (Å²) in [7, 11) is 0. The zero-order valence-corrected chi connectivity index (χ0v) is 14.2. The van der Waals surface area contributed by atoms with Gasteiger partial charge in [-0.1, -0.05) is 11.2 Å². The number of pyridine rings is 1. The number of hydrogen-bond acceptors (Lipinski definition) is 7. The summed E-state index contributed by atoms with van der Waals surface area (Å²) >= 11 is 1.83. The summed E-state index contributed by atoms with van der Waals surface area (Å²) in [5.74, 6) is 1.30. The molecule has 0 bridgehead atoms. The lowest BCUT2D eigenvalue weighted by molar-refractivity contribution is 0.113. The van der Waals surface area contributed by atoms with E-state index in [0.29, 0.717) is 18.3 Å². The summed E-state index contributed by atoms with van der Waals surface area (Å²) in [5.41, 5.74) is 0.931. The van der Waals surface area contributed by atoms with Gasteiger partial charge in [-0.25, -0.2) is 0 Å². The van der Waals surface area contributed by atoms with Crippen LogP contribution in [0.5, 0.6) is 0 Å². The van der Waals surface area contributed by atoms with Crippen LogP contribution in [0, 0.1) is 0 Å². The lowest BCUT2D eigenvalue weighted by atomic mass is 10.2. The van der Waals surface area contributed by atoms with E-state index in [1.54, 1.807) is 12.4 Å². The Balaban J connectivity index is 1.30. The molecule has 0 amide bonds. The molecule has 4 heterocycles. The molecule has 4 rings (SSSR count). The third kappa shape index (κ3) is 3.69. The molecule has 1 saturated heterocycles. The highest BCUT2D eigenvalue weighted by atomic mass is 32.1. The van der Waals surface area contributed by atoms with Gasteiger partial charge in [-0.05, 0) is 23.6 Å². The van der Waals surface area contributed by atoms with Crippen molar-refractivity contribution in [3.63, 3.8) is 0 Å². The summed E-state index contributed by atoms with van der Waals surface area (Å²) in [5, 5.41) is 6.21. The number of nitrogens with zero attached hydrogens (tertiary/aromatic N) is 5. The highest BCUT2D eigenvalue weighted by molar-refractivity contribution is 7.09. The van der Waals surface area contributed by atoms with E-state index in [1.165, 1.54) is 4.88 Å². The number of aromatic nitrogens is 3. The molecule has 0 atom stereocenters. The van der Waals surface area contributed by atoms with Crippen molar-refractivity contribution in [2.24, 2.45) is 0 Å². The molecule has 124 valence electrons. The molecule has 7 heteroatoms. The molecule has 6 nitrogen and oxygen atoms in total. The van der Waals surface area contributed by atoms with Crippen LogP contribution in [0.15, 0.2) is 46.6 Å². The van der Waals surface area contributed by atoms with Crippen molar-refractivity contribution in [3.8, 4) is 11.4 Å². The third-order valence-corrected chi connectivity index (χ3v) is 5.05. The molecule has 0 unspecified atom stereocenters. The average Bonchev–Trinajstić information content (AvgIpc) is 3.29. The highest BCUT2D eigenvalue weighted by Crippen LogP contribution is 2.17. The Morgan fingerprint density at radius 2 is 1.75 bits per heavy atom. The number of thiophene rings is 1. The second-order valence-electron chi connectivity index (χ2n) is 5.88. The molecule has 3 aromatic heterocycles. The van der Waals surface area contributed by atoms with Gasteiger partial charge in [0.15, 0.2) is 0 Å². The van der Waals surface area contributed by atoms with E-state index in [0.717, 1.165) is 38.3 Å². The van der Waals surface area contributed by atoms with Crippen LogP contribution in [0.2, 0.25) is 0 Å². The number of hydrogen-bond donors (Lipinski definition) is 0. The van der Waals surface area contributed by atoms with Gasteiger partial charge in [-0.2, -0.15) is 4.98 Å². The predicted molar refractivity (Wildman–Crippen MR) is 92.4 cm³/mol. The minimum atomic E-state index is 0.628. The third-order valence-electron chi connectivity index (χ3n) is 4.19. The number of rotatable bonds is 5. The van der Waals surface area contributed by atoms with Crippen LogP contribution in [-0.4, -0.2) is 51.1 Å². The fourth-order valence-electron chi connectivity index (χ4n) is 2.86. The van der Waals surface area contributed by atoms with Crippen molar-refractivity contribution in [1.29, 1.82) is 0 Å². The summed E-state index contributed by atoms with van der Waals surface area (Å²) in [6, 6.07) is 8.10. The van der Waals surface area contributed by atoms with Crippen LogP contribution in [0.25, 0.3) is 11.4 Å². The van der Waals surface area contributed by atoms with Crippen molar-refractivity contribution in [2.75, 3.05) is 26.2 Å². The summed E-state index contributed by atoms with van der Waals surface area (Å²) in [4.78, 5) is 14.8. The zero-order valence-electron chi connectivity index (χ0n) is 13.3. The molecule has 24 heavy (non-hydrogen) atoms. The Kier molecular flexibility index (Phi) is 4.64. The summed E-state index contributed by atoms with van der Waals surface area (Å²) in [6.45, 7) is 5.96. The van der Waals surface area contributed by atoms with Crippen molar-refractivity contribution >= 4 is 11.3 Å². The fraction of sp³-hybridized carbons (Fsp3) is 0.353. The van der Waals surface area contributed by atoms with Crippen LogP contribution in [0.4, 0.5) is 0 Å². The van der Waals surface area contributed by atoms with E-state index in [9.17, 15) is 0 Å². The van der Waals surface area contributed by atoms with Gasteiger partial charge >= 0.3 is 0 Å². The molecule has 0 spiro atoms. The van der Waals surface area contributed by atoms with Crippen LogP contribution >= 0.6 is 11.3 Å².